The summed E-state index contributed by atoms with van der Waals surface area (Å²) in [4.78, 5) is 10.2. The van der Waals surface area contributed by atoms with Crippen LogP contribution in [0.4, 0.5) is 10.1 Å². The molecule has 1 aliphatic heterocycles. The van der Waals surface area contributed by atoms with Crippen LogP contribution in [0.25, 0.3) is 0 Å². The molecule has 0 aliphatic carbocycles. The second-order valence-corrected chi connectivity index (χ2v) is 4.41. The van der Waals surface area contributed by atoms with Gasteiger partial charge in [-0.3, -0.25) is 10.1 Å². The Morgan fingerprint density at radius 2 is 2.42 bits per heavy atom. The lowest BCUT2D eigenvalue weighted by Crippen LogP contribution is -2.41. The quantitative estimate of drug-likeness (QED) is 0.675. The fourth-order valence-corrected chi connectivity index (χ4v) is 1.84. The number of hydrogen-bond acceptors (Lipinski definition) is 5. The van der Waals surface area contributed by atoms with E-state index < -0.39 is 10.7 Å². The van der Waals surface area contributed by atoms with Crippen molar-refractivity contribution in [3.05, 3.63) is 33.1 Å². The number of halogens is 2. The molecule has 1 aliphatic rings. The summed E-state index contributed by atoms with van der Waals surface area (Å²) in [5, 5.41) is 13.6. The molecule has 0 spiro atoms. The van der Waals surface area contributed by atoms with Crippen molar-refractivity contribution in [2.75, 3.05) is 26.3 Å². The summed E-state index contributed by atoms with van der Waals surface area (Å²) in [7, 11) is 0. The van der Waals surface area contributed by atoms with E-state index in [1.165, 1.54) is 0 Å². The molecule has 1 N–H and O–H groups in total. The summed E-state index contributed by atoms with van der Waals surface area (Å²) in [5.41, 5.74) is -0.366. The molecule has 1 fully saturated rings. The minimum Gasteiger partial charge on any atom is -0.484 e. The first-order chi connectivity index (χ1) is 9.08. The van der Waals surface area contributed by atoms with Gasteiger partial charge in [0.2, 0.25) is 0 Å². The van der Waals surface area contributed by atoms with Crippen LogP contribution in [0.2, 0.25) is 5.02 Å². The van der Waals surface area contributed by atoms with Crippen molar-refractivity contribution in [3.63, 3.8) is 0 Å². The Kier molecular flexibility index (Phi) is 4.52. The number of nitro groups is 1. The van der Waals surface area contributed by atoms with Gasteiger partial charge in [0.1, 0.15) is 18.5 Å². The van der Waals surface area contributed by atoms with E-state index in [0.717, 1.165) is 18.7 Å². The minimum absolute atomic E-state index is 0.106. The van der Waals surface area contributed by atoms with Crippen molar-refractivity contribution in [3.8, 4) is 5.75 Å². The molecule has 8 heteroatoms. The number of morpholine rings is 1. The highest BCUT2D eigenvalue weighted by molar-refractivity contribution is 6.31. The highest BCUT2D eigenvalue weighted by Crippen LogP contribution is 2.32. The molecule has 0 radical (unpaired) electrons. The van der Waals surface area contributed by atoms with Crippen LogP contribution in [0.3, 0.4) is 0 Å². The third kappa shape index (κ3) is 3.52. The third-order valence-corrected chi connectivity index (χ3v) is 2.92. The van der Waals surface area contributed by atoms with E-state index in [9.17, 15) is 14.5 Å². The molecule has 1 atom stereocenters. The minimum atomic E-state index is -0.759. The number of nitrogens with zero attached hydrogens (tertiary/aromatic N) is 1. The molecule has 19 heavy (non-hydrogen) atoms. The van der Waals surface area contributed by atoms with E-state index in [2.05, 4.69) is 5.32 Å². The second-order valence-electron chi connectivity index (χ2n) is 4.00. The Morgan fingerprint density at radius 1 is 1.63 bits per heavy atom. The van der Waals surface area contributed by atoms with E-state index >= 15 is 0 Å². The van der Waals surface area contributed by atoms with Gasteiger partial charge in [-0.1, -0.05) is 11.6 Å². The molecule has 0 amide bonds. The smallest absolute Gasteiger partial charge is 0.312 e. The molecule has 6 nitrogen and oxygen atoms in total. The maximum absolute atomic E-state index is 13.3. The fraction of sp³-hybridized carbons (Fsp3) is 0.455. The molecule has 1 aromatic carbocycles. The Morgan fingerprint density at radius 3 is 3.05 bits per heavy atom. The molecule has 104 valence electrons. The molecular weight excluding hydrogens is 279 g/mol. The van der Waals surface area contributed by atoms with Crippen LogP contribution in [-0.4, -0.2) is 37.3 Å². The maximum Gasteiger partial charge on any atom is 0.312 e. The largest absolute Gasteiger partial charge is 0.484 e. The number of nitrogens with one attached hydrogen (secondary N) is 1. The van der Waals surface area contributed by atoms with Crippen LogP contribution in [0.1, 0.15) is 0 Å². The summed E-state index contributed by atoms with van der Waals surface area (Å²) in [6.07, 6.45) is -0.216. The van der Waals surface area contributed by atoms with Crippen LogP contribution in [0, 0.1) is 15.9 Å². The summed E-state index contributed by atoms with van der Waals surface area (Å²) in [6.45, 7) is 2.00. The highest BCUT2D eigenvalue weighted by atomic mass is 35.5. The van der Waals surface area contributed by atoms with Crippen LogP contribution in [0.15, 0.2) is 12.1 Å². The first-order valence-electron chi connectivity index (χ1n) is 5.66. The van der Waals surface area contributed by atoms with E-state index in [4.69, 9.17) is 21.1 Å². The van der Waals surface area contributed by atoms with Crippen LogP contribution in [-0.2, 0) is 4.74 Å². The third-order valence-electron chi connectivity index (χ3n) is 2.63. The van der Waals surface area contributed by atoms with Crippen molar-refractivity contribution in [1.82, 2.24) is 5.32 Å². The SMILES string of the molecule is O=[N+]([O-])c1cc(Cl)c(F)cc1OCC1CNCCO1. The number of hydrogen-bond donors (Lipinski definition) is 1. The van der Waals surface area contributed by atoms with Gasteiger partial charge in [-0.2, -0.15) is 0 Å². The van der Waals surface area contributed by atoms with Gasteiger partial charge in [0.05, 0.1) is 16.6 Å². The predicted molar refractivity (Wildman–Crippen MR) is 66.2 cm³/mol. The van der Waals surface area contributed by atoms with Gasteiger partial charge in [0.15, 0.2) is 5.75 Å². The van der Waals surface area contributed by atoms with Crippen molar-refractivity contribution in [2.24, 2.45) is 0 Å². The Bertz CT molecular complexity index is 480. The van der Waals surface area contributed by atoms with Crippen molar-refractivity contribution in [2.45, 2.75) is 6.10 Å². The lowest BCUT2D eigenvalue weighted by Gasteiger charge is -2.23. The lowest BCUT2D eigenvalue weighted by molar-refractivity contribution is -0.386. The van der Waals surface area contributed by atoms with E-state index in [1.807, 2.05) is 0 Å². The van der Waals surface area contributed by atoms with Crippen LogP contribution in [0.5, 0.6) is 5.75 Å². The Balaban J connectivity index is 2.09. The highest BCUT2D eigenvalue weighted by Gasteiger charge is 2.21. The van der Waals surface area contributed by atoms with Gasteiger partial charge in [-0.05, 0) is 0 Å². The average molecular weight is 291 g/mol. The molecule has 2 rings (SSSR count). The molecule has 1 heterocycles. The zero-order valence-corrected chi connectivity index (χ0v) is 10.7. The summed E-state index contributed by atoms with van der Waals surface area (Å²) >= 11 is 5.51. The molecule has 1 aromatic rings. The summed E-state index contributed by atoms with van der Waals surface area (Å²) in [6, 6.07) is 1.85. The first kappa shape index (κ1) is 14.0. The number of nitro benzene ring substituents is 1. The molecule has 0 bridgehead atoms. The zero-order valence-electron chi connectivity index (χ0n) is 9.90. The van der Waals surface area contributed by atoms with Gasteiger partial charge in [-0.15, -0.1) is 0 Å². The van der Waals surface area contributed by atoms with Gasteiger partial charge >= 0.3 is 5.69 Å². The summed E-state index contributed by atoms with van der Waals surface area (Å²) in [5.74, 6) is -0.911. The predicted octanol–water partition coefficient (Wildman–Crippen LogP) is 1.75. The Labute approximate surface area is 113 Å². The zero-order chi connectivity index (χ0) is 13.8. The molecule has 0 aromatic heterocycles. The normalized spacial score (nSPS) is 19.2. The standard InChI is InChI=1S/C11H12ClFN2O4/c12-8-3-10(15(16)17)11(4-9(8)13)19-6-7-5-14-1-2-18-7/h3-4,7,14H,1-2,5-6H2. The molecular formula is C11H12ClFN2O4. The van der Waals surface area contributed by atoms with E-state index in [1.54, 1.807) is 0 Å². The van der Waals surface area contributed by atoms with E-state index in [0.29, 0.717) is 13.2 Å². The van der Waals surface area contributed by atoms with Crippen molar-refractivity contribution >= 4 is 17.3 Å². The van der Waals surface area contributed by atoms with Gasteiger partial charge < -0.3 is 14.8 Å². The van der Waals surface area contributed by atoms with Gasteiger partial charge in [0, 0.05) is 25.2 Å². The van der Waals surface area contributed by atoms with Gasteiger partial charge in [-0.25, -0.2) is 4.39 Å². The first-order valence-corrected chi connectivity index (χ1v) is 6.04. The van der Waals surface area contributed by atoms with Gasteiger partial charge in [0.25, 0.3) is 0 Å². The maximum atomic E-state index is 13.3. The lowest BCUT2D eigenvalue weighted by atomic mass is 10.3. The van der Waals surface area contributed by atoms with Crippen LogP contribution < -0.4 is 10.1 Å². The van der Waals surface area contributed by atoms with Crippen molar-refractivity contribution < 1.29 is 18.8 Å². The number of benzene rings is 1. The average Bonchev–Trinajstić information content (AvgIpc) is 2.40. The second kappa shape index (κ2) is 6.14. The molecule has 1 unspecified atom stereocenters. The fourth-order valence-electron chi connectivity index (χ4n) is 1.69. The molecule has 1 saturated heterocycles. The van der Waals surface area contributed by atoms with Crippen molar-refractivity contribution in [1.29, 1.82) is 0 Å². The molecule has 0 saturated carbocycles. The monoisotopic (exact) mass is 290 g/mol. The topological polar surface area (TPSA) is 73.6 Å². The number of rotatable bonds is 4. The number of ether oxygens (including phenoxy) is 2. The Hall–Kier alpha value is -1.44. The van der Waals surface area contributed by atoms with Crippen LogP contribution >= 0.6 is 11.6 Å². The summed E-state index contributed by atoms with van der Waals surface area (Å²) < 4.78 is 24.0. The van der Waals surface area contributed by atoms with E-state index in [-0.39, 0.29) is 29.2 Å².